The predicted molar refractivity (Wildman–Crippen MR) is 87.8 cm³/mol. The molecule has 0 radical (unpaired) electrons. The van der Waals surface area contributed by atoms with Crippen LogP contribution in [0.4, 0.5) is 5.69 Å². The van der Waals surface area contributed by atoms with Gasteiger partial charge in [0.25, 0.3) is 0 Å². The average Bonchev–Trinajstić information content (AvgIpc) is 2.55. The van der Waals surface area contributed by atoms with Gasteiger partial charge in [0.05, 0.1) is 23.9 Å². The summed E-state index contributed by atoms with van der Waals surface area (Å²) >= 11 is 0. The van der Waals surface area contributed by atoms with E-state index in [1.807, 2.05) is 13.0 Å². The molecule has 1 rings (SSSR count). The third-order valence-electron chi connectivity index (χ3n) is 2.98. The molecule has 0 saturated heterocycles. The fourth-order valence-corrected chi connectivity index (χ4v) is 3.06. The fourth-order valence-electron chi connectivity index (χ4n) is 1.88. The second kappa shape index (κ2) is 10.2. The molecule has 0 unspecified atom stereocenters. The molecule has 8 heteroatoms. The number of ether oxygens (including phenoxy) is 2. The van der Waals surface area contributed by atoms with E-state index in [-0.39, 0.29) is 11.4 Å². The maximum Gasteiger partial charge on any atom is 0.242 e. The van der Waals surface area contributed by atoms with E-state index in [4.69, 9.17) is 14.7 Å². The number of hydrogen-bond donors (Lipinski definition) is 2. The largest absolute Gasteiger partial charge is 0.385 e. The van der Waals surface area contributed by atoms with Gasteiger partial charge in [-0.15, -0.1) is 0 Å². The van der Waals surface area contributed by atoms with Crippen molar-refractivity contribution in [2.45, 2.75) is 18.2 Å². The van der Waals surface area contributed by atoms with E-state index in [0.717, 1.165) is 6.42 Å². The van der Waals surface area contributed by atoms with Crippen molar-refractivity contribution < 1.29 is 17.9 Å². The minimum absolute atomic E-state index is 0.116. The van der Waals surface area contributed by atoms with Crippen molar-refractivity contribution in [3.8, 4) is 6.07 Å². The number of methoxy groups -OCH3 is 1. The zero-order valence-corrected chi connectivity index (χ0v) is 14.3. The molecule has 0 aliphatic carbocycles. The van der Waals surface area contributed by atoms with Crippen LogP contribution in [-0.2, 0) is 19.5 Å². The molecular formula is C15H23N3O4S. The SMILES string of the molecule is CCOCCNS(=O)(=O)c1ccc(C#N)cc1NCCCOC. The number of sulfonamides is 1. The summed E-state index contributed by atoms with van der Waals surface area (Å²) in [5.41, 5.74) is 0.802. The highest BCUT2D eigenvalue weighted by atomic mass is 32.2. The Bertz CT molecular complexity index is 626. The lowest BCUT2D eigenvalue weighted by Crippen LogP contribution is -2.28. The van der Waals surface area contributed by atoms with Crippen molar-refractivity contribution in [2.24, 2.45) is 0 Å². The van der Waals surface area contributed by atoms with Gasteiger partial charge in [-0.3, -0.25) is 0 Å². The Balaban J connectivity index is 2.88. The van der Waals surface area contributed by atoms with Crippen LogP contribution in [0.15, 0.2) is 23.1 Å². The zero-order valence-electron chi connectivity index (χ0n) is 13.5. The molecule has 7 nitrogen and oxygen atoms in total. The molecule has 0 spiro atoms. The van der Waals surface area contributed by atoms with E-state index in [1.54, 1.807) is 7.11 Å². The highest BCUT2D eigenvalue weighted by Gasteiger charge is 2.18. The molecule has 0 aliphatic heterocycles. The maximum atomic E-state index is 12.4. The maximum absolute atomic E-state index is 12.4. The lowest BCUT2D eigenvalue weighted by atomic mass is 10.2. The van der Waals surface area contributed by atoms with Crippen molar-refractivity contribution in [1.82, 2.24) is 4.72 Å². The van der Waals surface area contributed by atoms with Crippen LogP contribution >= 0.6 is 0 Å². The van der Waals surface area contributed by atoms with Crippen molar-refractivity contribution >= 4 is 15.7 Å². The van der Waals surface area contributed by atoms with Crippen LogP contribution in [0, 0.1) is 11.3 Å². The second-order valence-electron chi connectivity index (χ2n) is 4.69. The topological polar surface area (TPSA) is 100 Å². The Morgan fingerprint density at radius 1 is 1.26 bits per heavy atom. The van der Waals surface area contributed by atoms with Gasteiger partial charge in [-0.2, -0.15) is 5.26 Å². The van der Waals surface area contributed by atoms with Gasteiger partial charge in [-0.25, -0.2) is 13.1 Å². The van der Waals surface area contributed by atoms with E-state index >= 15 is 0 Å². The number of hydrogen-bond acceptors (Lipinski definition) is 6. The number of nitrogens with one attached hydrogen (secondary N) is 2. The van der Waals surface area contributed by atoms with E-state index in [1.165, 1.54) is 18.2 Å². The number of nitriles is 1. The van der Waals surface area contributed by atoms with Crippen molar-refractivity contribution in [3.05, 3.63) is 23.8 Å². The summed E-state index contributed by atoms with van der Waals surface area (Å²) in [6.07, 6.45) is 0.727. The first-order valence-electron chi connectivity index (χ1n) is 7.39. The van der Waals surface area contributed by atoms with E-state index < -0.39 is 10.0 Å². The monoisotopic (exact) mass is 341 g/mol. The van der Waals surface area contributed by atoms with E-state index in [9.17, 15) is 8.42 Å². The number of benzene rings is 1. The highest BCUT2D eigenvalue weighted by molar-refractivity contribution is 7.89. The summed E-state index contributed by atoms with van der Waals surface area (Å²) < 4.78 is 37.4. The lowest BCUT2D eigenvalue weighted by molar-refractivity contribution is 0.153. The third kappa shape index (κ3) is 6.54. The van der Waals surface area contributed by atoms with Gasteiger partial charge in [0.1, 0.15) is 4.90 Å². The molecule has 0 amide bonds. The Morgan fingerprint density at radius 3 is 2.70 bits per heavy atom. The quantitative estimate of drug-likeness (QED) is 0.589. The molecule has 0 heterocycles. The smallest absolute Gasteiger partial charge is 0.242 e. The van der Waals surface area contributed by atoms with Gasteiger partial charge in [-0.05, 0) is 31.5 Å². The standard InChI is InChI=1S/C15H23N3O4S/c1-3-22-10-8-18-23(19,20)15-6-5-13(12-16)11-14(15)17-7-4-9-21-2/h5-6,11,17-18H,3-4,7-10H2,1-2H3. The molecule has 1 aromatic rings. The number of anilines is 1. The van der Waals surface area contributed by atoms with Crippen LogP contribution in [0.1, 0.15) is 18.9 Å². The minimum Gasteiger partial charge on any atom is -0.385 e. The third-order valence-corrected chi connectivity index (χ3v) is 4.50. The summed E-state index contributed by atoms with van der Waals surface area (Å²) in [4.78, 5) is 0.116. The first-order chi connectivity index (χ1) is 11.0. The molecule has 1 aromatic carbocycles. The summed E-state index contributed by atoms with van der Waals surface area (Å²) in [7, 11) is -2.07. The Kier molecular flexibility index (Phi) is 8.58. The number of nitrogens with zero attached hydrogens (tertiary/aromatic N) is 1. The Labute approximate surface area is 137 Å². The van der Waals surface area contributed by atoms with Gasteiger partial charge in [0.15, 0.2) is 0 Å². The van der Waals surface area contributed by atoms with Crippen LogP contribution in [0.3, 0.4) is 0 Å². The van der Waals surface area contributed by atoms with Crippen molar-refractivity contribution in [1.29, 1.82) is 5.26 Å². The zero-order chi connectivity index (χ0) is 17.1. The van der Waals surface area contributed by atoms with Crippen molar-refractivity contribution in [3.63, 3.8) is 0 Å². The first-order valence-corrected chi connectivity index (χ1v) is 8.87. The second-order valence-corrected chi connectivity index (χ2v) is 6.43. The van der Waals surface area contributed by atoms with Crippen LogP contribution in [0.5, 0.6) is 0 Å². The van der Waals surface area contributed by atoms with E-state index in [2.05, 4.69) is 10.0 Å². The van der Waals surface area contributed by atoms with E-state index in [0.29, 0.717) is 37.6 Å². The van der Waals surface area contributed by atoms with Gasteiger partial charge in [0, 0.05) is 33.4 Å². The highest BCUT2D eigenvalue weighted by Crippen LogP contribution is 2.22. The lowest BCUT2D eigenvalue weighted by Gasteiger charge is -2.13. The molecule has 0 saturated carbocycles. The minimum atomic E-state index is -3.67. The van der Waals surface area contributed by atoms with Gasteiger partial charge in [-0.1, -0.05) is 0 Å². The van der Waals surface area contributed by atoms with Gasteiger partial charge in [0.2, 0.25) is 10.0 Å². The fraction of sp³-hybridized carbons (Fsp3) is 0.533. The van der Waals surface area contributed by atoms with Crippen LogP contribution in [0.2, 0.25) is 0 Å². The van der Waals surface area contributed by atoms with Crippen LogP contribution < -0.4 is 10.0 Å². The molecule has 0 atom stereocenters. The molecule has 23 heavy (non-hydrogen) atoms. The first kappa shape index (κ1) is 19.4. The molecule has 0 aromatic heterocycles. The molecule has 0 fully saturated rings. The van der Waals surface area contributed by atoms with Gasteiger partial charge < -0.3 is 14.8 Å². The number of rotatable bonds is 11. The van der Waals surface area contributed by atoms with Crippen LogP contribution in [0.25, 0.3) is 0 Å². The summed E-state index contributed by atoms with van der Waals surface area (Å²) in [5, 5.41) is 12.0. The Hall–Kier alpha value is -1.66. The Morgan fingerprint density at radius 2 is 2.04 bits per heavy atom. The molecule has 0 bridgehead atoms. The van der Waals surface area contributed by atoms with Crippen LogP contribution in [-0.4, -0.2) is 48.4 Å². The molecular weight excluding hydrogens is 318 g/mol. The molecule has 0 aliphatic rings. The predicted octanol–water partition coefficient (Wildman–Crippen LogP) is 1.32. The summed E-state index contributed by atoms with van der Waals surface area (Å²) in [6.45, 7) is 3.99. The van der Waals surface area contributed by atoms with Crippen molar-refractivity contribution in [2.75, 3.05) is 45.3 Å². The summed E-state index contributed by atoms with van der Waals surface area (Å²) in [6, 6.07) is 6.45. The molecule has 2 N–H and O–H groups in total. The average molecular weight is 341 g/mol. The molecule has 128 valence electrons. The summed E-state index contributed by atoms with van der Waals surface area (Å²) in [5.74, 6) is 0. The normalized spacial score (nSPS) is 11.2. The van der Waals surface area contributed by atoms with Gasteiger partial charge >= 0.3 is 0 Å².